The van der Waals surface area contributed by atoms with Crippen molar-refractivity contribution in [2.24, 2.45) is 9.98 Å². The fourth-order valence-corrected chi connectivity index (χ4v) is 0.916. The molecule has 0 aliphatic rings. The fraction of sp³-hybridized carbons (Fsp3) is 0.667. The van der Waals surface area contributed by atoms with E-state index in [2.05, 4.69) is 18.4 Å². The third-order valence-electron chi connectivity index (χ3n) is 0.894. The Morgan fingerprint density at radius 3 is 1.79 bits per heavy atom. The lowest BCUT2D eigenvalue weighted by molar-refractivity contribution is 0.259. The lowest BCUT2D eigenvalue weighted by Crippen LogP contribution is -2.07. The summed E-state index contributed by atoms with van der Waals surface area (Å²) in [6, 6.07) is 0. The summed E-state index contributed by atoms with van der Waals surface area (Å²) in [5.41, 5.74) is 0. The summed E-state index contributed by atoms with van der Waals surface area (Å²) in [4.78, 5) is 25.5. The molecular formula is C6H8N2O5S. The van der Waals surface area contributed by atoms with Gasteiger partial charge in [-0.2, -0.15) is 4.21 Å². The Kier molecular flexibility index (Phi) is 9.09. The zero-order valence-electron chi connectivity index (χ0n) is 7.17. The molecule has 0 heterocycles. The maximum atomic E-state index is 10.8. The van der Waals surface area contributed by atoms with E-state index in [-0.39, 0.29) is 26.3 Å². The molecule has 0 unspecified atom stereocenters. The first-order valence-corrected chi connectivity index (χ1v) is 4.57. The van der Waals surface area contributed by atoms with Gasteiger partial charge in [-0.25, -0.2) is 19.6 Å². The van der Waals surface area contributed by atoms with Gasteiger partial charge in [0.05, 0.1) is 26.3 Å². The van der Waals surface area contributed by atoms with E-state index in [1.54, 1.807) is 0 Å². The lowest BCUT2D eigenvalue weighted by atomic mass is 10.7. The molecule has 0 aliphatic carbocycles. The molecule has 0 atom stereocenters. The third-order valence-corrected chi connectivity index (χ3v) is 1.61. The molecule has 0 N–H and O–H groups in total. The van der Waals surface area contributed by atoms with E-state index in [0.717, 1.165) is 0 Å². The van der Waals surface area contributed by atoms with Crippen molar-refractivity contribution in [3.8, 4) is 0 Å². The summed E-state index contributed by atoms with van der Waals surface area (Å²) in [6.07, 6.45) is 2.60. The molecule has 0 rings (SSSR count). The summed E-state index contributed by atoms with van der Waals surface area (Å²) < 4.78 is 19.9. The van der Waals surface area contributed by atoms with E-state index >= 15 is 0 Å². The highest BCUT2D eigenvalue weighted by atomic mass is 32.2. The van der Waals surface area contributed by atoms with Gasteiger partial charge < -0.3 is 0 Å². The second-order valence-electron chi connectivity index (χ2n) is 1.79. The van der Waals surface area contributed by atoms with Crippen molar-refractivity contribution >= 4 is 23.5 Å². The second kappa shape index (κ2) is 9.91. The molecule has 0 saturated carbocycles. The zero-order chi connectivity index (χ0) is 10.6. The minimum Gasteiger partial charge on any atom is -0.266 e. The number of nitrogens with zero attached hydrogens (tertiary/aromatic N) is 2. The molecule has 78 valence electrons. The minimum absolute atomic E-state index is 0.00119. The van der Waals surface area contributed by atoms with Crippen LogP contribution in [0.4, 0.5) is 0 Å². The van der Waals surface area contributed by atoms with Crippen LogP contribution in [0.25, 0.3) is 0 Å². The van der Waals surface area contributed by atoms with Crippen LogP contribution in [0.15, 0.2) is 9.98 Å². The van der Waals surface area contributed by atoms with Crippen LogP contribution in [-0.4, -0.2) is 42.7 Å². The summed E-state index contributed by atoms with van der Waals surface area (Å²) in [6.45, 7) is 0.147. The molecule has 14 heavy (non-hydrogen) atoms. The minimum atomic E-state index is -1.91. The number of hydrogen-bond donors (Lipinski definition) is 0. The highest BCUT2D eigenvalue weighted by molar-refractivity contribution is 7.75. The average molecular weight is 220 g/mol. The molecule has 7 nitrogen and oxygen atoms in total. The Labute approximate surface area is 82.7 Å². The summed E-state index contributed by atoms with van der Waals surface area (Å²) in [5.74, 6) is 0. The zero-order valence-corrected chi connectivity index (χ0v) is 7.99. The van der Waals surface area contributed by atoms with E-state index in [4.69, 9.17) is 0 Å². The van der Waals surface area contributed by atoms with Gasteiger partial charge in [0.15, 0.2) is 0 Å². The first-order valence-electron chi connectivity index (χ1n) is 3.57. The molecule has 0 aromatic heterocycles. The molecule has 0 radical (unpaired) electrons. The normalized spacial score (nSPS) is 11.1. The van der Waals surface area contributed by atoms with Crippen molar-refractivity contribution in [2.75, 3.05) is 26.3 Å². The number of aliphatic imine (C=N–C) groups is 2. The van der Waals surface area contributed by atoms with E-state index in [1.165, 1.54) is 12.2 Å². The summed E-state index contributed by atoms with van der Waals surface area (Å²) >= 11 is -1.91. The first kappa shape index (κ1) is 12.8. The summed E-state index contributed by atoms with van der Waals surface area (Å²) in [5, 5.41) is 0. The van der Waals surface area contributed by atoms with Gasteiger partial charge in [0.1, 0.15) is 0 Å². The SMILES string of the molecule is O=C=NCCOS(=O)OCCN=C=O. The standard InChI is InChI=1S/C6H8N2O5S/c9-5-7-1-3-12-14(11)13-4-2-8-6-10/h1-4H2. The smallest absolute Gasteiger partial charge is 0.266 e. The summed E-state index contributed by atoms with van der Waals surface area (Å²) in [7, 11) is 0. The predicted molar refractivity (Wildman–Crippen MR) is 46.0 cm³/mol. The highest BCUT2D eigenvalue weighted by Crippen LogP contribution is 1.88. The third kappa shape index (κ3) is 8.92. The van der Waals surface area contributed by atoms with Crippen LogP contribution < -0.4 is 0 Å². The Hall–Kier alpha value is -1.17. The van der Waals surface area contributed by atoms with Gasteiger partial charge in [-0.05, 0) is 0 Å². The van der Waals surface area contributed by atoms with Gasteiger partial charge in [-0.1, -0.05) is 0 Å². The molecule has 0 saturated heterocycles. The van der Waals surface area contributed by atoms with Crippen LogP contribution in [0.2, 0.25) is 0 Å². The van der Waals surface area contributed by atoms with Gasteiger partial charge in [0.25, 0.3) is 0 Å². The molecule has 0 aliphatic heterocycles. The molecular weight excluding hydrogens is 212 g/mol. The predicted octanol–water partition coefficient (Wildman–Crippen LogP) is -0.730. The van der Waals surface area contributed by atoms with Crippen LogP contribution in [0.5, 0.6) is 0 Å². The van der Waals surface area contributed by atoms with Crippen LogP contribution >= 0.6 is 0 Å². The number of carbonyl (C=O) groups excluding carboxylic acids is 2. The second-order valence-corrected chi connectivity index (χ2v) is 2.67. The molecule has 0 fully saturated rings. The van der Waals surface area contributed by atoms with Gasteiger partial charge >= 0.3 is 11.4 Å². The van der Waals surface area contributed by atoms with Crippen LogP contribution in [0.1, 0.15) is 0 Å². The highest BCUT2D eigenvalue weighted by Gasteiger charge is 1.99. The quantitative estimate of drug-likeness (QED) is 0.305. The van der Waals surface area contributed by atoms with E-state index in [9.17, 15) is 13.8 Å². The number of hydrogen-bond acceptors (Lipinski definition) is 7. The van der Waals surface area contributed by atoms with Gasteiger partial charge in [0, 0.05) is 0 Å². The molecule has 8 heteroatoms. The maximum absolute atomic E-state index is 10.8. The molecule has 0 aromatic carbocycles. The monoisotopic (exact) mass is 220 g/mol. The van der Waals surface area contributed by atoms with E-state index in [0.29, 0.717) is 0 Å². The first-order chi connectivity index (χ1) is 6.81. The van der Waals surface area contributed by atoms with Crippen molar-refractivity contribution in [3.63, 3.8) is 0 Å². The van der Waals surface area contributed by atoms with E-state index in [1.807, 2.05) is 0 Å². The maximum Gasteiger partial charge on any atom is 0.304 e. The largest absolute Gasteiger partial charge is 0.304 e. The lowest BCUT2D eigenvalue weighted by Gasteiger charge is -1.99. The Morgan fingerprint density at radius 1 is 1.00 bits per heavy atom. The molecule has 0 bridgehead atoms. The van der Waals surface area contributed by atoms with Crippen molar-refractivity contribution in [3.05, 3.63) is 0 Å². The number of isocyanates is 2. The van der Waals surface area contributed by atoms with Crippen molar-refractivity contribution < 1.29 is 22.2 Å². The van der Waals surface area contributed by atoms with E-state index < -0.39 is 11.4 Å². The van der Waals surface area contributed by atoms with Crippen LogP contribution in [0, 0.1) is 0 Å². The Morgan fingerprint density at radius 2 is 1.43 bits per heavy atom. The average Bonchev–Trinajstić information content (AvgIpc) is 2.19. The van der Waals surface area contributed by atoms with Crippen molar-refractivity contribution in [2.45, 2.75) is 0 Å². The Bertz CT molecular complexity index is 243. The fourth-order valence-electron chi connectivity index (χ4n) is 0.427. The molecule has 0 amide bonds. The van der Waals surface area contributed by atoms with Crippen LogP contribution in [-0.2, 0) is 29.3 Å². The van der Waals surface area contributed by atoms with Gasteiger partial charge in [0.2, 0.25) is 12.2 Å². The van der Waals surface area contributed by atoms with Gasteiger partial charge in [-0.15, -0.1) is 0 Å². The Balaban J connectivity index is 3.36. The van der Waals surface area contributed by atoms with Crippen molar-refractivity contribution in [1.82, 2.24) is 0 Å². The van der Waals surface area contributed by atoms with Crippen molar-refractivity contribution in [1.29, 1.82) is 0 Å². The van der Waals surface area contributed by atoms with Gasteiger partial charge in [-0.3, -0.25) is 8.37 Å². The molecule has 0 spiro atoms. The topological polar surface area (TPSA) is 94.4 Å². The van der Waals surface area contributed by atoms with Crippen LogP contribution in [0.3, 0.4) is 0 Å². The number of rotatable bonds is 8. The molecule has 0 aromatic rings.